The summed E-state index contributed by atoms with van der Waals surface area (Å²) in [5.74, 6) is -0.0426. The van der Waals surface area contributed by atoms with Gasteiger partial charge in [0.1, 0.15) is 22.7 Å². The summed E-state index contributed by atoms with van der Waals surface area (Å²) in [5.41, 5.74) is -0.758. The van der Waals surface area contributed by atoms with Gasteiger partial charge in [-0.15, -0.1) is 0 Å². The Morgan fingerprint density at radius 2 is 1.93 bits per heavy atom. The number of aryl methyl sites for hydroxylation is 1. The number of hydrogen-bond acceptors (Lipinski definition) is 6. The van der Waals surface area contributed by atoms with Crippen molar-refractivity contribution in [1.29, 1.82) is 0 Å². The third-order valence-electron chi connectivity index (χ3n) is 6.52. The van der Waals surface area contributed by atoms with E-state index in [4.69, 9.17) is 4.74 Å². The zero-order valence-electron chi connectivity index (χ0n) is 21.5. The number of nitrogens with zero attached hydrogens (tertiary/aromatic N) is 4. The van der Waals surface area contributed by atoms with Crippen molar-refractivity contribution in [2.75, 3.05) is 11.9 Å². The zero-order chi connectivity index (χ0) is 28.5. The molecule has 206 valence electrons. The lowest BCUT2D eigenvalue weighted by atomic mass is 9.79. The summed E-state index contributed by atoms with van der Waals surface area (Å²) in [4.78, 5) is 25.9. The van der Waals surface area contributed by atoms with Crippen LogP contribution in [0.25, 0.3) is 11.0 Å². The minimum Gasteiger partial charge on any atom is -0.457 e. The summed E-state index contributed by atoms with van der Waals surface area (Å²) in [6.45, 7) is 2.30. The first kappa shape index (κ1) is 26.9. The minimum absolute atomic E-state index is 0.145. The van der Waals surface area contributed by atoms with Crippen molar-refractivity contribution in [2.24, 2.45) is 12.0 Å². The van der Waals surface area contributed by atoms with E-state index in [-0.39, 0.29) is 17.5 Å². The molecule has 1 atom stereocenters. The Labute approximate surface area is 226 Å². The molecule has 0 bridgehead atoms. The molecule has 40 heavy (non-hydrogen) atoms. The van der Waals surface area contributed by atoms with Gasteiger partial charge in [0, 0.05) is 50.8 Å². The van der Waals surface area contributed by atoms with Crippen LogP contribution in [0.3, 0.4) is 0 Å². The van der Waals surface area contributed by atoms with Gasteiger partial charge in [-0.05, 0) is 49.4 Å². The molecule has 0 aliphatic carbocycles. The van der Waals surface area contributed by atoms with Crippen LogP contribution >= 0.6 is 0 Å². The van der Waals surface area contributed by atoms with Gasteiger partial charge in [-0.1, -0.05) is 0 Å². The number of likely N-dealkylation sites (N-methyl/N-ethyl adjacent to an activating group) is 1. The lowest BCUT2D eigenvalue weighted by molar-refractivity contribution is -0.137. The zero-order valence-corrected chi connectivity index (χ0v) is 21.5. The lowest BCUT2D eigenvalue weighted by Crippen LogP contribution is -2.44. The fourth-order valence-electron chi connectivity index (χ4n) is 4.42. The Balaban J connectivity index is 1.42. The van der Waals surface area contributed by atoms with Crippen LogP contribution in [0.15, 0.2) is 72.0 Å². The van der Waals surface area contributed by atoms with Gasteiger partial charge in [-0.3, -0.25) is 14.8 Å². The van der Waals surface area contributed by atoms with Gasteiger partial charge in [-0.25, -0.2) is 9.37 Å². The minimum atomic E-state index is -4.62. The second kappa shape index (κ2) is 10.4. The van der Waals surface area contributed by atoms with Crippen molar-refractivity contribution in [3.05, 3.63) is 84.1 Å². The van der Waals surface area contributed by atoms with Gasteiger partial charge in [0.15, 0.2) is 0 Å². The van der Waals surface area contributed by atoms with E-state index in [1.165, 1.54) is 0 Å². The fourth-order valence-corrected chi connectivity index (χ4v) is 4.42. The largest absolute Gasteiger partial charge is 0.457 e. The number of benzene rings is 2. The Kier molecular flexibility index (Phi) is 7.01. The highest BCUT2D eigenvalue weighted by molar-refractivity contribution is 5.93. The Bertz CT molecular complexity index is 1650. The molecule has 1 amide bonds. The van der Waals surface area contributed by atoms with Crippen LogP contribution in [0, 0.1) is 5.82 Å². The quantitative estimate of drug-likeness (QED) is 0.274. The maximum absolute atomic E-state index is 14.3. The van der Waals surface area contributed by atoms with E-state index >= 15 is 0 Å². The molecule has 4 aromatic rings. The number of amides is 1. The van der Waals surface area contributed by atoms with E-state index in [0.717, 1.165) is 6.07 Å². The van der Waals surface area contributed by atoms with Crippen molar-refractivity contribution in [3.8, 4) is 11.5 Å². The molecule has 2 aromatic heterocycles. The number of ether oxygens (including phenoxy) is 1. The predicted molar refractivity (Wildman–Crippen MR) is 142 cm³/mol. The van der Waals surface area contributed by atoms with Crippen LogP contribution < -0.4 is 15.4 Å². The maximum atomic E-state index is 14.3. The molecule has 0 fully saturated rings. The molecule has 12 heteroatoms. The number of rotatable bonds is 7. The van der Waals surface area contributed by atoms with Crippen LogP contribution in [-0.4, -0.2) is 33.2 Å². The number of pyridine rings is 1. The van der Waals surface area contributed by atoms with Gasteiger partial charge in [0.05, 0.1) is 28.0 Å². The molecule has 2 N–H and O–H groups in total. The highest BCUT2D eigenvalue weighted by atomic mass is 19.4. The van der Waals surface area contributed by atoms with Crippen LogP contribution in [0.2, 0.25) is 0 Å². The number of imidazole rings is 1. The predicted octanol–water partition coefficient (Wildman–Crippen LogP) is 6.02. The van der Waals surface area contributed by atoms with Gasteiger partial charge in [0.25, 0.3) is 0 Å². The molecule has 8 nitrogen and oxygen atoms in total. The number of aromatic nitrogens is 3. The van der Waals surface area contributed by atoms with Gasteiger partial charge >= 0.3 is 6.18 Å². The Morgan fingerprint density at radius 1 is 1.12 bits per heavy atom. The first-order valence-corrected chi connectivity index (χ1v) is 12.3. The van der Waals surface area contributed by atoms with E-state index in [9.17, 15) is 22.4 Å². The number of carbonyl (C=O) groups excluding carboxylic acids is 1. The van der Waals surface area contributed by atoms with Crippen molar-refractivity contribution in [2.45, 2.75) is 24.9 Å². The molecule has 0 saturated heterocycles. The summed E-state index contributed by atoms with van der Waals surface area (Å²) in [7, 11) is 1.65. The van der Waals surface area contributed by atoms with Crippen LogP contribution in [0.5, 0.6) is 11.5 Å². The number of halogens is 4. The number of aliphatic imine (C=N–C) groups is 1. The topological polar surface area (TPSA) is 93.4 Å². The molecule has 2 aromatic carbocycles. The first-order valence-electron chi connectivity index (χ1n) is 12.3. The van der Waals surface area contributed by atoms with Crippen molar-refractivity contribution in [1.82, 2.24) is 19.9 Å². The van der Waals surface area contributed by atoms with E-state index in [0.29, 0.717) is 53.3 Å². The summed E-state index contributed by atoms with van der Waals surface area (Å²) in [6.07, 6.45) is 2.22. The third-order valence-corrected chi connectivity index (χ3v) is 6.52. The highest BCUT2D eigenvalue weighted by Crippen LogP contribution is 2.35. The molecule has 3 heterocycles. The van der Waals surface area contributed by atoms with Gasteiger partial charge in [-0.2, -0.15) is 13.2 Å². The molecule has 1 unspecified atom stereocenters. The van der Waals surface area contributed by atoms with E-state index in [1.807, 2.05) is 6.92 Å². The molecule has 0 radical (unpaired) electrons. The maximum Gasteiger partial charge on any atom is 0.416 e. The van der Waals surface area contributed by atoms with Crippen LogP contribution in [-0.2, 0) is 23.4 Å². The molecule has 1 aliphatic heterocycles. The average molecular weight is 553 g/mol. The smallest absolute Gasteiger partial charge is 0.416 e. The van der Waals surface area contributed by atoms with E-state index in [1.54, 1.807) is 66.6 Å². The van der Waals surface area contributed by atoms with Crippen LogP contribution in [0.4, 0.5) is 29.2 Å². The molecular weight excluding hydrogens is 528 g/mol. The van der Waals surface area contributed by atoms with Crippen molar-refractivity contribution in [3.63, 3.8) is 0 Å². The van der Waals surface area contributed by atoms with Crippen molar-refractivity contribution < 1.29 is 27.1 Å². The summed E-state index contributed by atoms with van der Waals surface area (Å²) in [6, 6.07) is 10.6. The van der Waals surface area contributed by atoms with E-state index in [2.05, 4.69) is 25.6 Å². The summed E-state index contributed by atoms with van der Waals surface area (Å²) in [5, 5.41) is 5.51. The second-order valence-electron chi connectivity index (χ2n) is 9.12. The summed E-state index contributed by atoms with van der Waals surface area (Å²) < 4.78 is 61.3. The van der Waals surface area contributed by atoms with Crippen molar-refractivity contribution >= 4 is 34.8 Å². The molecular formula is C28H24F4N6O2. The second-order valence-corrected chi connectivity index (χ2v) is 9.12. The third kappa shape index (κ3) is 5.12. The standard InChI is InChI=1S/C28H24F4N6O2/c1-3-34-25(39)27(9-12-33-13-10-27)24-16-19(8-11-35-24)40-18-5-7-23-22(15-18)37-26(38(23)2)36-21-14-17(28(30,31)32)4-6-20(21)29/h4-9,11-16H,3,10H2,1-2H3,(H,34,39)(H,36,37). The average Bonchev–Trinajstić information content (AvgIpc) is 3.24. The summed E-state index contributed by atoms with van der Waals surface area (Å²) >= 11 is 0. The fraction of sp³-hybridized carbons (Fsp3) is 0.214. The normalized spacial score (nSPS) is 16.8. The molecule has 1 aliphatic rings. The molecule has 0 saturated carbocycles. The van der Waals surface area contributed by atoms with Crippen LogP contribution in [0.1, 0.15) is 24.6 Å². The number of fused-ring (bicyclic) bond motifs is 1. The first-order chi connectivity index (χ1) is 19.1. The van der Waals surface area contributed by atoms with Gasteiger partial charge in [0.2, 0.25) is 11.9 Å². The van der Waals surface area contributed by atoms with Gasteiger partial charge < -0.3 is 19.9 Å². The Hall–Kier alpha value is -4.74. The molecule has 5 rings (SSSR count). The SMILES string of the molecule is CCNC(=O)C1(c2cc(Oc3ccc4c(c3)nc(Nc3cc(C(F)(F)F)ccc3F)n4C)ccn2)C=CN=CC1. The monoisotopic (exact) mass is 552 g/mol. The number of nitrogens with one attached hydrogen (secondary N) is 2. The van der Waals surface area contributed by atoms with E-state index < -0.39 is 23.0 Å². The number of hydrogen-bond donors (Lipinski definition) is 2. The molecule has 0 spiro atoms. The highest BCUT2D eigenvalue weighted by Gasteiger charge is 2.39. The number of alkyl halides is 3. The number of carbonyl (C=O) groups is 1. The lowest BCUT2D eigenvalue weighted by Gasteiger charge is -2.29. The number of anilines is 2. The Morgan fingerprint density at radius 3 is 2.65 bits per heavy atom.